The van der Waals surface area contributed by atoms with Gasteiger partial charge < -0.3 is 90.5 Å². The first-order valence-electron chi connectivity index (χ1n) is 34.4. The van der Waals surface area contributed by atoms with E-state index in [1.807, 2.05) is 0 Å². The van der Waals surface area contributed by atoms with Crippen LogP contribution in [0.4, 0.5) is 4.79 Å². The molecule has 3 rings (SSSR count). The number of amides is 3. The van der Waals surface area contributed by atoms with Crippen LogP contribution in [0.15, 0.2) is 60.2 Å². The molecule has 626 valence electrons. The number of benzene rings is 3. The lowest BCUT2D eigenvalue weighted by Crippen LogP contribution is -2.34. The van der Waals surface area contributed by atoms with E-state index in [2.05, 4.69) is 26.6 Å². The molecule has 0 bridgehead atoms. The van der Waals surface area contributed by atoms with E-state index in [1.54, 1.807) is 33.2 Å². The number of carbonyl (C=O) groups excluding carboxylic acids is 3. The third-order valence-electron chi connectivity index (χ3n) is 14.0. The first-order chi connectivity index (χ1) is 51.4. The number of allylic oxidation sites excluding steroid dienone is 2. The lowest BCUT2D eigenvalue weighted by Gasteiger charge is -2.20. The molecule has 0 saturated carbocycles. The molecule has 3 amide bonds. The minimum Gasteiger partial charge on any atom is -0.490 e. The highest BCUT2D eigenvalue weighted by Gasteiger charge is 2.25. The number of hydrogen-bond donors (Lipinski definition) is 14. The Morgan fingerprint density at radius 1 is 0.355 bits per heavy atom. The summed E-state index contributed by atoms with van der Waals surface area (Å²) < 4.78 is 249. The van der Waals surface area contributed by atoms with Gasteiger partial charge in [0.1, 0.15) is 12.2 Å². The number of aromatic carboxylic acids is 1. The standard InChI is InChI=1S/C64H101N7O33S6/c1-64(2,3)104-63(76)71-22-31-103-59-55(95-23-6-4-16-49(65)44-67-18-8-20-69-60(72)46-38-51(97-25-10-32-105(77,78)79)57(101-29-14-36-109(89,90)91)52(39-46)98-26-11-33-106(80,81)82)42-48(62(74)75)43-56(59)96-24-7-5-17-50(66)45-68-19-9-21-70-61(73)47-40-53(99-27-12-34-107(83,84)85)58(102-30-15-37-110(92,93)94)54(41-47)100-28-13-35-108(86,87)88/h38-45,67-68H,4-37,65-66H2,1-3H3,(H,69,72)(H,70,73)(H,71,76)(H,74,75)(H,77,78,79)(H,80,81,82)(H,83,84,85)(H,86,87,88)(H,89,90,91)(H,92,93,94)/b49-44-,50-45-. The molecule has 0 fully saturated rings. The van der Waals surface area contributed by atoms with Crippen molar-refractivity contribution >= 4 is 84.6 Å². The van der Waals surface area contributed by atoms with Gasteiger partial charge in [-0.1, -0.05) is 0 Å². The van der Waals surface area contributed by atoms with Crippen molar-refractivity contribution in [2.45, 2.75) is 116 Å². The molecular formula is C64H101N7O33S6. The van der Waals surface area contributed by atoms with E-state index in [0.29, 0.717) is 75.9 Å². The van der Waals surface area contributed by atoms with Crippen LogP contribution in [0, 0.1) is 0 Å². The van der Waals surface area contributed by atoms with Gasteiger partial charge in [0.05, 0.1) is 99.5 Å². The smallest absolute Gasteiger partial charge is 0.407 e. The number of nitrogens with two attached hydrogens (primary N) is 2. The van der Waals surface area contributed by atoms with Gasteiger partial charge in [-0.15, -0.1) is 0 Å². The molecule has 0 atom stereocenters. The number of rotatable bonds is 59. The zero-order chi connectivity index (χ0) is 82.2. The van der Waals surface area contributed by atoms with E-state index in [9.17, 15) is 102 Å². The van der Waals surface area contributed by atoms with Gasteiger partial charge in [-0.25, -0.2) is 9.59 Å². The zero-order valence-electron chi connectivity index (χ0n) is 61.0. The average Bonchev–Trinajstić information content (AvgIpc) is 0.826. The van der Waals surface area contributed by atoms with Crippen LogP contribution in [0.3, 0.4) is 0 Å². The van der Waals surface area contributed by atoms with Crippen molar-refractivity contribution in [2.24, 2.45) is 11.5 Å². The second-order valence-electron chi connectivity index (χ2n) is 25.1. The van der Waals surface area contributed by atoms with Gasteiger partial charge >= 0.3 is 12.1 Å². The van der Waals surface area contributed by atoms with Crippen LogP contribution in [0.1, 0.15) is 142 Å². The van der Waals surface area contributed by atoms with Gasteiger partial charge in [-0.2, -0.15) is 50.5 Å². The molecule has 0 aromatic heterocycles. The summed E-state index contributed by atoms with van der Waals surface area (Å²) in [5.74, 6) is -7.67. The van der Waals surface area contributed by atoms with Gasteiger partial charge in [-0.3, -0.25) is 36.9 Å². The van der Waals surface area contributed by atoms with Crippen LogP contribution in [0.5, 0.6) is 51.7 Å². The van der Waals surface area contributed by atoms with E-state index in [-0.39, 0.29) is 186 Å². The summed E-state index contributed by atoms with van der Waals surface area (Å²) in [7, 11) is -26.3. The second-order valence-corrected chi connectivity index (χ2v) is 34.5. The number of alkyl carbamates (subject to hydrolysis) is 1. The van der Waals surface area contributed by atoms with Gasteiger partial charge in [0.15, 0.2) is 34.5 Å². The summed E-state index contributed by atoms with van der Waals surface area (Å²) in [6, 6.07) is 7.46. The Morgan fingerprint density at radius 2 is 0.618 bits per heavy atom. The van der Waals surface area contributed by atoms with Gasteiger partial charge in [0, 0.05) is 61.1 Å². The number of hydrogen-bond acceptors (Lipinski definition) is 30. The van der Waals surface area contributed by atoms with E-state index < -0.39 is 125 Å². The zero-order valence-corrected chi connectivity index (χ0v) is 65.9. The van der Waals surface area contributed by atoms with Crippen LogP contribution < -0.4 is 80.7 Å². The summed E-state index contributed by atoms with van der Waals surface area (Å²) in [6.07, 6.45) is 4.50. The summed E-state index contributed by atoms with van der Waals surface area (Å²) in [5, 5.41) is 24.3. The summed E-state index contributed by atoms with van der Waals surface area (Å²) in [6.45, 7) is 3.92. The molecule has 0 saturated heterocycles. The molecule has 0 aliphatic carbocycles. The monoisotopic (exact) mass is 1690 g/mol. The lowest BCUT2D eigenvalue weighted by atomic mass is 10.1. The SMILES string of the molecule is CC(C)(C)OC(=O)NCCOc1c(OCCCC/C(N)=C/NCCCNC(=O)c2cc(OCCCS(=O)(=O)O)c(OCCCS(=O)(=O)O)c(OCCCS(=O)(=O)O)c2)cc(C(=O)O)cc1OCCCC/C(N)=C/NCCCNC(=O)c1cc(OCCCS(=O)(=O)O)c(OCCCS(=O)(=O)O)c(OCCCS(=O)(=O)O)c1. The predicted octanol–water partition coefficient (Wildman–Crippen LogP) is 3.75. The number of carbonyl (C=O) groups is 4. The quantitative estimate of drug-likeness (QED) is 0.0283. The van der Waals surface area contributed by atoms with Crippen molar-refractivity contribution in [1.82, 2.24) is 26.6 Å². The highest BCUT2D eigenvalue weighted by Crippen LogP contribution is 2.42. The Balaban J connectivity index is 1.62. The molecule has 0 aliphatic heterocycles. The number of ether oxygens (including phenoxy) is 10. The molecule has 0 radical (unpaired) electrons. The fraction of sp³-hybridized carbons (Fsp3) is 0.594. The largest absolute Gasteiger partial charge is 0.490 e. The molecule has 40 nitrogen and oxygen atoms in total. The fourth-order valence-corrected chi connectivity index (χ4v) is 12.0. The molecule has 0 aliphatic rings. The average molecular weight is 1690 g/mol. The Labute approximate surface area is 640 Å². The molecule has 3 aromatic carbocycles. The van der Waals surface area contributed by atoms with Crippen molar-refractivity contribution in [2.75, 3.05) is 127 Å². The maximum atomic E-state index is 13.5. The highest BCUT2D eigenvalue weighted by molar-refractivity contribution is 7.86. The Kier molecular flexibility index (Phi) is 41.7. The minimum absolute atomic E-state index is 0.0297. The van der Waals surface area contributed by atoms with Crippen LogP contribution in [-0.4, -0.2) is 239 Å². The lowest BCUT2D eigenvalue weighted by molar-refractivity contribution is 0.0518. The summed E-state index contributed by atoms with van der Waals surface area (Å²) >= 11 is 0. The number of unbranched alkanes of at least 4 members (excludes halogenated alkanes) is 2. The van der Waals surface area contributed by atoms with Crippen molar-refractivity contribution in [1.29, 1.82) is 0 Å². The maximum absolute atomic E-state index is 13.5. The molecule has 110 heavy (non-hydrogen) atoms. The fourth-order valence-electron chi connectivity index (χ4n) is 9.10. The molecule has 0 unspecified atom stereocenters. The van der Waals surface area contributed by atoms with Gasteiger partial charge in [-0.05, 0) is 147 Å². The molecule has 46 heteroatoms. The normalized spacial score (nSPS) is 12.4. The van der Waals surface area contributed by atoms with Crippen molar-refractivity contribution in [3.05, 3.63) is 76.9 Å². The number of nitrogens with one attached hydrogen (secondary N) is 5. The van der Waals surface area contributed by atoms with Gasteiger partial charge in [0.25, 0.3) is 72.5 Å². The van der Waals surface area contributed by atoms with Crippen LogP contribution >= 0.6 is 0 Å². The predicted molar refractivity (Wildman–Crippen MR) is 398 cm³/mol. The van der Waals surface area contributed by atoms with E-state index in [0.717, 1.165) is 0 Å². The summed E-state index contributed by atoms with van der Waals surface area (Å²) in [4.78, 5) is 51.8. The third-order valence-corrected chi connectivity index (χ3v) is 18.9. The first kappa shape index (κ1) is 95.9. The van der Waals surface area contributed by atoms with E-state index in [4.69, 9.17) is 58.8 Å². The molecular weight excluding hydrogens is 1590 g/mol. The Morgan fingerprint density at radius 3 is 0.891 bits per heavy atom. The molecule has 3 aromatic rings. The molecule has 0 spiro atoms. The van der Waals surface area contributed by atoms with E-state index >= 15 is 0 Å². The second kappa shape index (κ2) is 47.8. The van der Waals surface area contributed by atoms with Crippen molar-refractivity contribution < 1.29 is 149 Å². The maximum Gasteiger partial charge on any atom is 0.407 e. The van der Waals surface area contributed by atoms with Gasteiger partial charge in [0.2, 0.25) is 17.2 Å². The summed E-state index contributed by atoms with van der Waals surface area (Å²) in [5.41, 5.74) is 12.4. The Hall–Kier alpha value is -8.32. The number of carboxylic acid groups (broad SMARTS) is 1. The first-order valence-corrected chi connectivity index (χ1v) is 44.0. The Bertz CT molecular complexity index is 3870. The van der Waals surface area contributed by atoms with Crippen LogP contribution in [0.2, 0.25) is 0 Å². The minimum atomic E-state index is -4.38. The third kappa shape index (κ3) is 45.7. The molecule has 0 heterocycles. The van der Waals surface area contributed by atoms with Crippen molar-refractivity contribution in [3.63, 3.8) is 0 Å². The van der Waals surface area contributed by atoms with Crippen LogP contribution in [0.25, 0.3) is 0 Å². The highest BCUT2D eigenvalue weighted by atomic mass is 32.2. The van der Waals surface area contributed by atoms with E-state index in [1.165, 1.54) is 36.4 Å². The molecule has 16 N–H and O–H groups in total. The van der Waals surface area contributed by atoms with Crippen LogP contribution in [-0.2, 0) is 65.4 Å². The number of carboxylic acids is 1. The topological polar surface area (TPSA) is 619 Å². The van der Waals surface area contributed by atoms with Crippen molar-refractivity contribution in [3.8, 4) is 51.7 Å².